The zero-order chi connectivity index (χ0) is 24.5. The Kier molecular flexibility index (Phi) is 8.22. The Labute approximate surface area is 199 Å². The van der Waals surface area contributed by atoms with Crippen LogP contribution in [0, 0.1) is 0 Å². The van der Waals surface area contributed by atoms with Crippen molar-refractivity contribution in [2.24, 2.45) is 12.0 Å². The van der Waals surface area contributed by atoms with Gasteiger partial charge in [-0.25, -0.2) is 15.0 Å². The van der Waals surface area contributed by atoms with Crippen molar-refractivity contribution in [3.63, 3.8) is 0 Å². The van der Waals surface area contributed by atoms with E-state index < -0.39 is 0 Å². The van der Waals surface area contributed by atoms with Crippen molar-refractivity contribution in [3.05, 3.63) is 77.8 Å². The van der Waals surface area contributed by atoms with Crippen molar-refractivity contribution < 1.29 is 4.79 Å². The van der Waals surface area contributed by atoms with E-state index in [0.29, 0.717) is 36.0 Å². The first-order valence-corrected chi connectivity index (χ1v) is 10.7. The van der Waals surface area contributed by atoms with E-state index in [-0.39, 0.29) is 5.91 Å². The highest BCUT2D eigenvalue weighted by atomic mass is 16.1. The maximum Gasteiger partial charge on any atom is 0.251 e. The quantitative estimate of drug-likeness (QED) is 0.354. The molecular formula is C24H29N9O. The van der Waals surface area contributed by atoms with Crippen molar-refractivity contribution in [3.8, 4) is 11.5 Å². The minimum absolute atomic E-state index is 0.183. The molecule has 34 heavy (non-hydrogen) atoms. The topological polar surface area (TPSA) is 113 Å². The molecule has 0 saturated carbocycles. The fourth-order valence-electron chi connectivity index (χ4n) is 3.33. The second-order valence-corrected chi connectivity index (χ2v) is 7.61. The van der Waals surface area contributed by atoms with Gasteiger partial charge >= 0.3 is 0 Å². The van der Waals surface area contributed by atoms with Crippen molar-refractivity contribution in [2.75, 3.05) is 26.0 Å². The smallest absolute Gasteiger partial charge is 0.251 e. The second-order valence-electron chi connectivity index (χ2n) is 7.61. The molecule has 0 radical (unpaired) electrons. The Morgan fingerprint density at radius 2 is 2.09 bits per heavy atom. The van der Waals surface area contributed by atoms with Gasteiger partial charge in [0.1, 0.15) is 17.8 Å². The molecule has 3 rings (SSSR count). The number of anilines is 1. The van der Waals surface area contributed by atoms with Gasteiger partial charge in [0.25, 0.3) is 5.91 Å². The summed E-state index contributed by atoms with van der Waals surface area (Å²) < 4.78 is 1.87. The molecule has 0 bridgehead atoms. The molecule has 0 aliphatic heterocycles. The molecule has 2 aromatic heterocycles. The van der Waals surface area contributed by atoms with E-state index in [1.165, 1.54) is 6.33 Å². The molecule has 3 aromatic rings. The first-order chi connectivity index (χ1) is 16.4. The number of aliphatic imine (C=N–C) groups is 1. The number of hydrogen-bond donors (Lipinski definition) is 2. The van der Waals surface area contributed by atoms with Gasteiger partial charge in [-0.3, -0.25) is 4.79 Å². The summed E-state index contributed by atoms with van der Waals surface area (Å²) in [6.45, 7) is 6.32. The molecule has 0 unspecified atom stereocenters. The van der Waals surface area contributed by atoms with Gasteiger partial charge in [0.15, 0.2) is 11.6 Å². The number of rotatable bonds is 10. The standard InChI is InChI=1S/C24H29N9O/c1-6-8-18(22(25-2)32(3)4)14-28-24(34)17-9-7-10-19(13-17)27-15-21-30-31-23(33(21)5)20-11-12-26-16-29-20/h6-13,16,27H,2,14-15H2,1,3-5H3,(H,28,34)/b8-6-,22-18-. The van der Waals surface area contributed by atoms with E-state index in [1.807, 2.05) is 61.8 Å². The summed E-state index contributed by atoms with van der Waals surface area (Å²) in [4.78, 5) is 26.9. The van der Waals surface area contributed by atoms with Crippen LogP contribution in [0.5, 0.6) is 0 Å². The summed E-state index contributed by atoms with van der Waals surface area (Å²) in [5.74, 6) is 1.91. The molecule has 1 amide bonds. The van der Waals surface area contributed by atoms with Crippen LogP contribution < -0.4 is 10.6 Å². The third kappa shape index (κ3) is 5.91. The zero-order valence-electron chi connectivity index (χ0n) is 19.9. The van der Waals surface area contributed by atoms with E-state index >= 15 is 0 Å². The van der Waals surface area contributed by atoms with Crippen molar-refractivity contribution >= 4 is 18.3 Å². The summed E-state index contributed by atoms with van der Waals surface area (Å²) >= 11 is 0. The Balaban J connectivity index is 1.67. The number of carbonyl (C=O) groups excluding carboxylic acids is 1. The monoisotopic (exact) mass is 459 g/mol. The highest BCUT2D eigenvalue weighted by molar-refractivity contribution is 5.95. The molecule has 2 heterocycles. The summed E-state index contributed by atoms with van der Waals surface area (Å²) in [6, 6.07) is 9.09. The predicted molar refractivity (Wildman–Crippen MR) is 133 cm³/mol. The molecule has 0 aliphatic carbocycles. The fourth-order valence-corrected chi connectivity index (χ4v) is 3.33. The molecule has 0 atom stereocenters. The number of allylic oxidation sites excluding steroid dienone is 1. The van der Waals surface area contributed by atoms with Crippen LogP contribution in [0.1, 0.15) is 23.1 Å². The van der Waals surface area contributed by atoms with Gasteiger partial charge in [-0.2, -0.15) is 0 Å². The molecule has 0 saturated heterocycles. The summed E-state index contributed by atoms with van der Waals surface area (Å²) in [5, 5.41) is 14.7. The fraction of sp³-hybridized carbons (Fsp3) is 0.250. The van der Waals surface area contributed by atoms with Crippen LogP contribution in [-0.4, -0.2) is 62.9 Å². The van der Waals surface area contributed by atoms with E-state index in [2.05, 4.69) is 42.5 Å². The van der Waals surface area contributed by atoms with Gasteiger partial charge in [0.2, 0.25) is 0 Å². The normalized spacial score (nSPS) is 11.8. The van der Waals surface area contributed by atoms with E-state index in [1.54, 1.807) is 24.4 Å². The minimum Gasteiger partial charge on any atom is -0.378 e. The minimum atomic E-state index is -0.183. The Bertz CT molecular complexity index is 1200. The summed E-state index contributed by atoms with van der Waals surface area (Å²) in [5.41, 5.74) is 2.91. The number of amides is 1. The van der Waals surface area contributed by atoms with Crippen LogP contribution in [0.25, 0.3) is 11.5 Å². The predicted octanol–water partition coefficient (Wildman–Crippen LogP) is 2.66. The number of aromatic nitrogens is 5. The molecule has 176 valence electrons. The van der Waals surface area contributed by atoms with Crippen LogP contribution in [0.2, 0.25) is 0 Å². The van der Waals surface area contributed by atoms with Crippen LogP contribution in [-0.2, 0) is 13.6 Å². The maximum absolute atomic E-state index is 12.8. The van der Waals surface area contributed by atoms with Crippen molar-refractivity contribution in [1.82, 2.24) is 34.9 Å². The van der Waals surface area contributed by atoms with Crippen LogP contribution in [0.4, 0.5) is 5.69 Å². The maximum atomic E-state index is 12.8. The third-order valence-corrected chi connectivity index (χ3v) is 5.02. The van der Waals surface area contributed by atoms with Gasteiger partial charge < -0.3 is 20.1 Å². The van der Waals surface area contributed by atoms with Gasteiger partial charge in [-0.05, 0) is 37.9 Å². The lowest BCUT2D eigenvalue weighted by Crippen LogP contribution is -2.27. The third-order valence-electron chi connectivity index (χ3n) is 5.02. The summed E-state index contributed by atoms with van der Waals surface area (Å²) in [7, 11) is 5.66. The highest BCUT2D eigenvalue weighted by Crippen LogP contribution is 2.16. The number of carbonyl (C=O) groups is 1. The van der Waals surface area contributed by atoms with Crippen LogP contribution in [0.15, 0.2) is 71.4 Å². The average Bonchev–Trinajstić information content (AvgIpc) is 3.22. The van der Waals surface area contributed by atoms with Gasteiger partial charge in [0.05, 0.1) is 6.54 Å². The molecule has 0 spiro atoms. The Hall–Kier alpha value is -4.34. The van der Waals surface area contributed by atoms with E-state index in [4.69, 9.17) is 0 Å². The molecule has 2 N–H and O–H groups in total. The lowest BCUT2D eigenvalue weighted by atomic mass is 10.1. The number of benzene rings is 1. The number of nitrogens with one attached hydrogen (secondary N) is 2. The van der Waals surface area contributed by atoms with E-state index in [9.17, 15) is 4.79 Å². The van der Waals surface area contributed by atoms with Crippen LogP contribution in [0.3, 0.4) is 0 Å². The Morgan fingerprint density at radius 3 is 2.76 bits per heavy atom. The van der Waals surface area contributed by atoms with Crippen LogP contribution >= 0.6 is 0 Å². The first-order valence-electron chi connectivity index (χ1n) is 10.7. The molecule has 0 aliphatic rings. The molecule has 10 nitrogen and oxygen atoms in total. The molecular weight excluding hydrogens is 430 g/mol. The lowest BCUT2D eigenvalue weighted by molar-refractivity contribution is 0.0957. The van der Waals surface area contributed by atoms with Crippen molar-refractivity contribution in [2.45, 2.75) is 13.5 Å². The SMILES string of the molecule is C=N/C(=C(\C=C/C)CNC(=O)c1cccc(NCc2nnc(-c3ccncn3)n2C)c1)N(C)C. The summed E-state index contributed by atoms with van der Waals surface area (Å²) in [6.07, 6.45) is 6.96. The first kappa shape index (κ1) is 24.3. The van der Waals surface area contributed by atoms with E-state index in [0.717, 1.165) is 17.1 Å². The van der Waals surface area contributed by atoms with Gasteiger partial charge in [-0.15, -0.1) is 10.2 Å². The largest absolute Gasteiger partial charge is 0.378 e. The van der Waals surface area contributed by atoms with Gasteiger partial charge in [0, 0.05) is 50.7 Å². The average molecular weight is 460 g/mol. The van der Waals surface area contributed by atoms with Crippen molar-refractivity contribution in [1.29, 1.82) is 0 Å². The highest BCUT2D eigenvalue weighted by Gasteiger charge is 2.13. The number of hydrogen-bond acceptors (Lipinski definition) is 8. The lowest BCUT2D eigenvalue weighted by Gasteiger charge is -2.17. The van der Waals surface area contributed by atoms with Gasteiger partial charge in [-0.1, -0.05) is 18.2 Å². The molecule has 0 fully saturated rings. The Morgan fingerprint density at radius 1 is 1.26 bits per heavy atom. The second kappa shape index (κ2) is 11.5. The molecule has 1 aromatic carbocycles. The number of nitrogens with zero attached hydrogens (tertiary/aromatic N) is 7. The molecule has 10 heteroatoms. The zero-order valence-corrected chi connectivity index (χ0v) is 19.9.